The first kappa shape index (κ1) is 13.6. The Kier molecular flexibility index (Phi) is 4.79. The molecule has 3 unspecified atom stereocenters. The van der Waals surface area contributed by atoms with E-state index in [2.05, 4.69) is 31.2 Å². The van der Waals surface area contributed by atoms with Crippen LogP contribution in [0.25, 0.3) is 0 Å². The van der Waals surface area contributed by atoms with E-state index in [1.54, 1.807) is 7.11 Å². The van der Waals surface area contributed by atoms with Crippen LogP contribution in [0.3, 0.4) is 0 Å². The Balaban J connectivity index is 2.02. The highest BCUT2D eigenvalue weighted by Crippen LogP contribution is 2.35. The summed E-state index contributed by atoms with van der Waals surface area (Å²) in [6.07, 6.45) is 4.24. The van der Waals surface area contributed by atoms with E-state index in [0.717, 1.165) is 6.42 Å². The molecule has 100 valence electrons. The van der Waals surface area contributed by atoms with Gasteiger partial charge >= 0.3 is 0 Å². The minimum Gasteiger partial charge on any atom is -0.393 e. The molecule has 1 aliphatic rings. The van der Waals surface area contributed by atoms with Crippen LogP contribution >= 0.6 is 0 Å². The molecular weight excluding hydrogens is 224 g/mol. The van der Waals surface area contributed by atoms with E-state index in [4.69, 9.17) is 4.74 Å². The van der Waals surface area contributed by atoms with Crippen LogP contribution < -0.4 is 0 Å². The minimum atomic E-state index is -0.263. The zero-order chi connectivity index (χ0) is 13.0. The fourth-order valence-electron chi connectivity index (χ4n) is 3.00. The van der Waals surface area contributed by atoms with Gasteiger partial charge < -0.3 is 9.84 Å². The third kappa shape index (κ3) is 3.12. The lowest BCUT2D eigenvalue weighted by atomic mass is 9.79. The van der Waals surface area contributed by atoms with Crippen molar-refractivity contribution in [3.05, 3.63) is 35.4 Å². The van der Waals surface area contributed by atoms with Gasteiger partial charge in [-0.15, -0.1) is 0 Å². The van der Waals surface area contributed by atoms with Gasteiger partial charge in [0.2, 0.25) is 0 Å². The summed E-state index contributed by atoms with van der Waals surface area (Å²) in [6.45, 7) is 2.69. The topological polar surface area (TPSA) is 29.5 Å². The molecule has 0 spiro atoms. The van der Waals surface area contributed by atoms with Gasteiger partial charge in [-0.2, -0.15) is 0 Å². The zero-order valence-corrected chi connectivity index (χ0v) is 11.4. The summed E-state index contributed by atoms with van der Waals surface area (Å²) in [6, 6.07) is 8.69. The van der Waals surface area contributed by atoms with Crippen LogP contribution in [-0.4, -0.2) is 24.9 Å². The van der Waals surface area contributed by atoms with Gasteiger partial charge in [-0.3, -0.25) is 0 Å². The molecule has 3 atom stereocenters. The van der Waals surface area contributed by atoms with Crippen LogP contribution in [0.15, 0.2) is 24.3 Å². The van der Waals surface area contributed by atoms with Crippen molar-refractivity contribution in [3.63, 3.8) is 0 Å². The van der Waals surface area contributed by atoms with E-state index in [9.17, 15) is 5.11 Å². The van der Waals surface area contributed by atoms with Crippen molar-refractivity contribution < 1.29 is 9.84 Å². The Morgan fingerprint density at radius 1 is 1.39 bits per heavy atom. The number of ether oxygens (including phenoxy) is 1. The average Bonchev–Trinajstić information content (AvgIpc) is 2.39. The van der Waals surface area contributed by atoms with Crippen molar-refractivity contribution in [1.29, 1.82) is 0 Å². The normalized spacial score (nSPS) is 22.3. The number of hydrogen-bond acceptors (Lipinski definition) is 2. The van der Waals surface area contributed by atoms with E-state index in [0.29, 0.717) is 12.5 Å². The van der Waals surface area contributed by atoms with Gasteiger partial charge in [0, 0.05) is 13.0 Å². The van der Waals surface area contributed by atoms with E-state index < -0.39 is 0 Å². The van der Waals surface area contributed by atoms with Gasteiger partial charge in [0.1, 0.15) is 0 Å². The maximum absolute atomic E-state index is 10.2. The SMILES string of the molecule is COCC(C)C(O)CC1CCCc2ccccc21. The number of aliphatic hydroxyl groups excluding tert-OH is 1. The van der Waals surface area contributed by atoms with E-state index >= 15 is 0 Å². The fourth-order valence-corrected chi connectivity index (χ4v) is 3.00. The number of aliphatic hydroxyl groups is 1. The summed E-state index contributed by atoms with van der Waals surface area (Å²) in [5.41, 5.74) is 2.92. The second-order valence-corrected chi connectivity index (χ2v) is 5.52. The van der Waals surface area contributed by atoms with Gasteiger partial charge in [0.25, 0.3) is 0 Å². The first-order valence-electron chi connectivity index (χ1n) is 6.97. The third-order valence-corrected chi connectivity index (χ3v) is 4.11. The molecule has 1 aliphatic carbocycles. The van der Waals surface area contributed by atoms with Crippen molar-refractivity contribution in [2.45, 2.75) is 44.6 Å². The smallest absolute Gasteiger partial charge is 0.0593 e. The lowest BCUT2D eigenvalue weighted by Gasteiger charge is -2.29. The second kappa shape index (κ2) is 6.35. The molecule has 0 amide bonds. The van der Waals surface area contributed by atoms with Crippen molar-refractivity contribution in [3.8, 4) is 0 Å². The minimum absolute atomic E-state index is 0.212. The van der Waals surface area contributed by atoms with Crippen molar-refractivity contribution >= 4 is 0 Å². The molecule has 0 radical (unpaired) electrons. The summed E-state index contributed by atoms with van der Waals surface area (Å²) < 4.78 is 5.12. The number of methoxy groups -OCH3 is 1. The molecule has 0 fully saturated rings. The molecule has 2 heteroatoms. The third-order valence-electron chi connectivity index (χ3n) is 4.11. The summed E-state index contributed by atoms with van der Waals surface area (Å²) in [5.74, 6) is 0.730. The van der Waals surface area contributed by atoms with Gasteiger partial charge in [-0.05, 0) is 42.7 Å². The monoisotopic (exact) mass is 248 g/mol. The maximum atomic E-state index is 10.2. The Morgan fingerprint density at radius 2 is 2.17 bits per heavy atom. The van der Waals surface area contributed by atoms with Crippen LogP contribution in [0.4, 0.5) is 0 Å². The summed E-state index contributed by atoms with van der Waals surface area (Å²) in [4.78, 5) is 0. The number of aryl methyl sites for hydroxylation is 1. The van der Waals surface area contributed by atoms with Crippen LogP contribution in [0, 0.1) is 5.92 Å². The van der Waals surface area contributed by atoms with E-state index in [-0.39, 0.29) is 12.0 Å². The highest BCUT2D eigenvalue weighted by atomic mass is 16.5. The van der Waals surface area contributed by atoms with Crippen LogP contribution in [0.5, 0.6) is 0 Å². The molecule has 2 rings (SSSR count). The van der Waals surface area contributed by atoms with Crippen molar-refractivity contribution in [2.75, 3.05) is 13.7 Å². The van der Waals surface area contributed by atoms with Crippen LogP contribution in [0.1, 0.15) is 43.2 Å². The molecule has 0 saturated heterocycles. The summed E-state index contributed by atoms with van der Waals surface area (Å²) in [7, 11) is 1.69. The van der Waals surface area contributed by atoms with Crippen LogP contribution in [0.2, 0.25) is 0 Å². The molecule has 0 saturated carbocycles. The van der Waals surface area contributed by atoms with Gasteiger partial charge in [0.05, 0.1) is 12.7 Å². The highest BCUT2D eigenvalue weighted by Gasteiger charge is 2.24. The summed E-state index contributed by atoms with van der Waals surface area (Å²) in [5, 5.41) is 10.2. The summed E-state index contributed by atoms with van der Waals surface area (Å²) >= 11 is 0. The van der Waals surface area contributed by atoms with Crippen molar-refractivity contribution in [1.82, 2.24) is 0 Å². The predicted molar refractivity (Wildman–Crippen MR) is 73.8 cm³/mol. The number of hydrogen-bond donors (Lipinski definition) is 1. The molecule has 0 heterocycles. The maximum Gasteiger partial charge on any atom is 0.0593 e. The molecule has 2 nitrogen and oxygen atoms in total. The van der Waals surface area contributed by atoms with Crippen LogP contribution in [-0.2, 0) is 11.2 Å². The Labute approximate surface area is 110 Å². The standard InChI is InChI=1S/C16H24O2/c1-12(11-18-2)16(17)10-14-8-5-7-13-6-3-4-9-15(13)14/h3-4,6,9,12,14,16-17H,5,7-8,10-11H2,1-2H3. The zero-order valence-electron chi connectivity index (χ0n) is 11.4. The number of fused-ring (bicyclic) bond motifs is 1. The molecule has 18 heavy (non-hydrogen) atoms. The predicted octanol–water partition coefficient (Wildman–Crippen LogP) is 3.14. The average molecular weight is 248 g/mol. The fraction of sp³-hybridized carbons (Fsp3) is 0.625. The number of rotatable bonds is 5. The lowest BCUT2D eigenvalue weighted by Crippen LogP contribution is -2.25. The molecule has 1 aromatic rings. The molecule has 0 aromatic heterocycles. The van der Waals surface area contributed by atoms with Gasteiger partial charge in [0.15, 0.2) is 0 Å². The molecule has 0 aliphatic heterocycles. The first-order valence-corrected chi connectivity index (χ1v) is 6.97. The second-order valence-electron chi connectivity index (χ2n) is 5.52. The van der Waals surface area contributed by atoms with Crippen molar-refractivity contribution in [2.24, 2.45) is 5.92 Å². The van der Waals surface area contributed by atoms with E-state index in [1.807, 2.05) is 0 Å². The molecule has 1 N–H and O–H groups in total. The quantitative estimate of drug-likeness (QED) is 0.867. The largest absolute Gasteiger partial charge is 0.393 e. The Hall–Kier alpha value is -0.860. The number of benzene rings is 1. The molecule has 0 bridgehead atoms. The highest BCUT2D eigenvalue weighted by molar-refractivity contribution is 5.32. The van der Waals surface area contributed by atoms with Gasteiger partial charge in [-0.25, -0.2) is 0 Å². The Bertz CT molecular complexity index is 375. The molecule has 1 aromatic carbocycles. The van der Waals surface area contributed by atoms with E-state index in [1.165, 1.54) is 30.4 Å². The lowest BCUT2D eigenvalue weighted by molar-refractivity contribution is 0.0463. The Morgan fingerprint density at radius 3 is 2.94 bits per heavy atom. The van der Waals surface area contributed by atoms with Gasteiger partial charge in [-0.1, -0.05) is 31.2 Å². The molecular formula is C16H24O2. The first-order chi connectivity index (χ1) is 8.72.